The fraction of sp³-hybridized carbons (Fsp3) is 0.200. The Labute approximate surface area is 145 Å². The third-order valence-electron chi connectivity index (χ3n) is 4.37. The molecule has 3 aromatic rings. The van der Waals surface area contributed by atoms with Crippen molar-refractivity contribution in [2.24, 2.45) is 0 Å². The lowest BCUT2D eigenvalue weighted by Gasteiger charge is -2.16. The van der Waals surface area contributed by atoms with Crippen LogP contribution in [0.15, 0.2) is 36.4 Å². The predicted molar refractivity (Wildman–Crippen MR) is 96.9 cm³/mol. The second kappa shape index (κ2) is 6.43. The van der Waals surface area contributed by atoms with Crippen LogP contribution in [0.4, 0.5) is 0 Å². The van der Waals surface area contributed by atoms with Crippen LogP contribution in [-0.2, 0) is 6.42 Å². The Bertz CT molecular complexity index is 947. The summed E-state index contributed by atoms with van der Waals surface area (Å²) in [6.07, 6.45) is 0.634. The minimum atomic E-state index is 0.0229. The molecule has 0 unspecified atom stereocenters. The van der Waals surface area contributed by atoms with Crippen molar-refractivity contribution in [1.29, 1.82) is 0 Å². The predicted octanol–water partition coefficient (Wildman–Crippen LogP) is 4.20. The zero-order valence-corrected chi connectivity index (χ0v) is 14.3. The molecule has 5 heteroatoms. The average Bonchev–Trinajstić information content (AvgIpc) is 2.61. The Morgan fingerprint density at radius 2 is 1.44 bits per heavy atom. The molecule has 0 bridgehead atoms. The molecule has 0 heterocycles. The molecule has 5 nitrogen and oxygen atoms in total. The maximum Gasteiger partial charge on any atom is 0.161 e. The summed E-state index contributed by atoms with van der Waals surface area (Å²) in [5.74, 6) is 0.915. The first-order valence-corrected chi connectivity index (χ1v) is 7.93. The normalized spacial score (nSPS) is 10.8. The molecule has 0 atom stereocenters. The maximum absolute atomic E-state index is 10.5. The third kappa shape index (κ3) is 2.78. The Morgan fingerprint density at radius 1 is 0.760 bits per heavy atom. The number of hydrogen-bond donors (Lipinski definition) is 3. The van der Waals surface area contributed by atoms with E-state index >= 15 is 0 Å². The van der Waals surface area contributed by atoms with Gasteiger partial charge < -0.3 is 24.8 Å². The molecule has 0 aliphatic heterocycles. The van der Waals surface area contributed by atoms with Crippen molar-refractivity contribution < 1.29 is 24.8 Å². The molecule has 0 aliphatic carbocycles. The molecule has 3 rings (SSSR count). The number of benzene rings is 3. The van der Waals surface area contributed by atoms with Crippen molar-refractivity contribution >= 4 is 10.8 Å². The van der Waals surface area contributed by atoms with E-state index in [1.165, 1.54) is 20.3 Å². The molecule has 3 N–H and O–H groups in total. The number of ether oxygens (including phenoxy) is 2. The van der Waals surface area contributed by atoms with Gasteiger partial charge in [-0.3, -0.25) is 0 Å². The minimum Gasteiger partial charge on any atom is -0.508 e. The molecule has 3 aromatic carbocycles. The molecule has 0 radical (unpaired) electrons. The lowest BCUT2D eigenvalue weighted by molar-refractivity contribution is 0.373. The van der Waals surface area contributed by atoms with Gasteiger partial charge in [0, 0.05) is 5.56 Å². The highest BCUT2D eigenvalue weighted by atomic mass is 16.5. The van der Waals surface area contributed by atoms with Crippen molar-refractivity contribution in [2.45, 2.75) is 13.3 Å². The first-order chi connectivity index (χ1) is 12.0. The summed E-state index contributed by atoms with van der Waals surface area (Å²) in [6, 6.07) is 9.98. The number of aromatic hydroxyl groups is 3. The Balaban J connectivity index is 2.37. The SMILES string of the molecule is CCc1c(O)cc(-c2ccc(O)c(OC)c2)c2cc(O)c(OC)cc12. The molecule has 0 amide bonds. The standard InChI is InChI=1S/C20H20O5/c1-4-12-15-10-20(25-3)18(23)9-14(15)13(8-17(12)22)11-5-6-16(21)19(7-11)24-2/h5-10,21-23H,4H2,1-3H3. The van der Waals surface area contributed by atoms with E-state index in [-0.39, 0.29) is 17.2 Å². The highest BCUT2D eigenvalue weighted by Crippen LogP contribution is 2.43. The molecule has 0 aromatic heterocycles. The van der Waals surface area contributed by atoms with E-state index < -0.39 is 0 Å². The van der Waals surface area contributed by atoms with Gasteiger partial charge >= 0.3 is 0 Å². The van der Waals surface area contributed by atoms with Crippen LogP contribution < -0.4 is 9.47 Å². The number of fused-ring (bicyclic) bond motifs is 1. The van der Waals surface area contributed by atoms with Crippen LogP contribution >= 0.6 is 0 Å². The van der Waals surface area contributed by atoms with E-state index in [2.05, 4.69) is 0 Å². The lowest BCUT2D eigenvalue weighted by atomic mass is 9.92. The number of hydrogen-bond acceptors (Lipinski definition) is 5. The van der Waals surface area contributed by atoms with Gasteiger partial charge in [-0.2, -0.15) is 0 Å². The summed E-state index contributed by atoms with van der Waals surface area (Å²) in [6.45, 7) is 1.96. The van der Waals surface area contributed by atoms with Gasteiger partial charge in [-0.05, 0) is 58.7 Å². The van der Waals surface area contributed by atoms with Crippen LogP contribution in [0.3, 0.4) is 0 Å². The summed E-state index contributed by atoms with van der Waals surface area (Å²) < 4.78 is 10.4. The molecule has 25 heavy (non-hydrogen) atoms. The largest absolute Gasteiger partial charge is 0.508 e. The van der Waals surface area contributed by atoms with Gasteiger partial charge in [-0.15, -0.1) is 0 Å². The van der Waals surface area contributed by atoms with E-state index in [0.29, 0.717) is 17.9 Å². The van der Waals surface area contributed by atoms with E-state index in [9.17, 15) is 15.3 Å². The first kappa shape index (κ1) is 16.8. The molecule has 0 spiro atoms. The van der Waals surface area contributed by atoms with Gasteiger partial charge in [0.1, 0.15) is 5.75 Å². The van der Waals surface area contributed by atoms with Gasteiger partial charge in [0.2, 0.25) is 0 Å². The van der Waals surface area contributed by atoms with Crippen LogP contribution in [0.1, 0.15) is 12.5 Å². The third-order valence-corrected chi connectivity index (χ3v) is 4.37. The van der Waals surface area contributed by atoms with Gasteiger partial charge in [-0.1, -0.05) is 13.0 Å². The fourth-order valence-electron chi connectivity index (χ4n) is 3.10. The first-order valence-electron chi connectivity index (χ1n) is 7.93. The highest BCUT2D eigenvalue weighted by molar-refractivity contribution is 6.02. The summed E-state index contributed by atoms with van der Waals surface area (Å²) >= 11 is 0. The topological polar surface area (TPSA) is 79.2 Å². The van der Waals surface area contributed by atoms with Crippen LogP contribution in [0, 0.1) is 0 Å². The second-order valence-corrected chi connectivity index (χ2v) is 5.73. The summed E-state index contributed by atoms with van der Waals surface area (Å²) in [5.41, 5.74) is 2.26. The quantitative estimate of drug-likeness (QED) is 0.663. The summed E-state index contributed by atoms with van der Waals surface area (Å²) in [7, 11) is 2.96. The molecular weight excluding hydrogens is 320 g/mol. The second-order valence-electron chi connectivity index (χ2n) is 5.73. The maximum atomic E-state index is 10.5. The van der Waals surface area contributed by atoms with E-state index in [4.69, 9.17) is 9.47 Å². The van der Waals surface area contributed by atoms with Crippen LogP contribution in [0.2, 0.25) is 0 Å². The lowest BCUT2D eigenvalue weighted by Crippen LogP contribution is -1.92. The monoisotopic (exact) mass is 340 g/mol. The Kier molecular flexibility index (Phi) is 4.31. The van der Waals surface area contributed by atoms with Gasteiger partial charge in [0.15, 0.2) is 23.0 Å². The van der Waals surface area contributed by atoms with Crippen molar-refractivity contribution in [3.8, 4) is 39.9 Å². The average molecular weight is 340 g/mol. The van der Waals surface area contributed by atoms with E-state index in [1.54, 1.807) is 30.3 Å². The van der Waals surface area contributed by atoms with Crippen LogP contribution in [0.25, 0.3) is 21.9 Å². The van der Waals surface area contributed by atoms with Crippen LogP contribution in [-0.4, -0.2) is 29.5 Å². The number of aryl methyl sites for hydroxylation is 1. The molecule has 0 fully saturated rings. The molecular formula is C20H20O5. The van der Waals surface area contributed by atoms with Crippen molar-refractivity contribution in [3.05, 3.63) is 42.0 Å². The van der Waals surface area contributed by atoms with E-state index in [0.717, 1.165) is 27.5 Å². The number of phenolic OH excluding ortho intramolecular Hbond substituents is 3. The van der Waals surface area contributed by atoms with Crippen LogP contribution in [0.5, 0.6) is 28.7 Å². The van der Waals surface area contributed by atoms with Crippen molar-refractivity contribution in [1.82, 2.24) is 0 Å². The zero-order valence-electron chi connectivity index (χ0n) is 14.3. The van der Waals surface area contributed by atoms with Crippen molar-refractivity contribution in [2.75, 3.05) is 14.2 Å². The molecule has 0 aliphatic rings. The molecule has 0 saturated carbocycles. The number of rotatable bonds is 4. The smallest absolute Gasteiger partial charge is 0.161 e. The van der Waals surface area contributed by atoms with Gasteiger partial charge in [0.05, 0.1) is 14.2 Å². The summed E-state index contributed by atoms with van der Waals surface area (Å²) in [4.78, 5) is 0. The highest BCUT2D eigenvalue weighted by Gasteiger charge is 2.16. The Hall–Kier alpha value is -3.08. The Morgan fingerprint density at radius 3 is 2.08 bits per heavy atom. The van der Waals surface area contributed by atoms with Crippen molar-refractivity contribution in [3.63, 3.8) is 0 Å². The summed E-state index contributed by atoms with van der Waals surface area (Å²) in [5, 5.41) is 32.1. The molecule has 0 saturated heterocycles. The van der Waals surface area contributed by atoms with Gasteiger partial charge in [0.25, 0.3) is 0 Å². The zero-order chi connectivity index (χ0) is 18.1. The molecule has 130 valence electrons. The fourth-order valence-corrected chi connectivity index (χ4v) is 3.10. The van der Waals surface area contributed by atoms with E-state index in [1.807, 2.05) is 6.92 Å². The van der Waals surface area contributed by atoms with Gasteiger partial charge in [-0.25, -0.2) is 0 Å². The number of methoxy groups -OCH3 is 2. The number of phenols is 3. The minimum absolute atomic E-state index is 0.0229.